The Morgan fingerprint density at radius 3 is 2.72 bits per heavy atom. The van der Waals surface area contributed by atoms with Crippen LogP contribution in [-0.4, -0.2) is 64.7 Å². The summed E-state index contributed by atoms with van der Waals surface area (Å²) in [4.78, 5) is 26.5. The molecule has 3 heterocycles. The number of amides is 1. The number of aromatic nitrogens is 3. The number of rotatable bonds is 6. The molecule has 1 aliphatic heterocycles. The fourth-order valence-corrected chi connectivity index (χ4v) is 4.61. The van der Waals surface area contributed by atoms with Crippen LogP contribution >= 0.6 is 11.3 Å². The number of morpholine rings is 1. The Kier molecular flexibility index (Phi) is 5.94. The van der Waals surface area contributed by atoms with Crippen LogP contribution in [0.5, 0.6) is 0 Å². The van der Waals surface area contributed by atoms with Crippen LogP contribution in [0.15, 0.2) is 24.5 Å². The van der Waals surface area contributed by atoms with E-state index in [9.17, 15) is 4.79 Å². The van der Waals surface area contributed by atoms with Gasteiger partial charge in [-0.3, -0.25) is 14.6 Å². The van der Waals surface area contributed by atoms with Crippen molar-refractivity contribution in [3.63, 3.8) is 0 Å². The lowest BCUT2D eigenvalue weighted by atomic mass is 10.1. The molecule has 7 nitrogen and oxygen atoms in total. The van der Waals surface area contributed by atoms with E-state index in [0.29, 0.717) is 12.4 Å². The zero-order chi connectivity index (χ0) is 20.4. The standard InChI is InChI=1S/C21H27N5O2S/c1-15-13-17-18(14-16(15)2)29-21(23-17)26(20(27)19-22-5-8-24(19)3)7-4-6-25-9-11-28-12-10-25/h5,8,13-14H,4,6-7,9-12H2,1-3H3. The molecule has 8 heteroatoms. The van der Waals surface area contributed by atoms with Crippen LogP contribution in [0.1, 0.15) is 28.2 Å². The van der Waals surface area contributed by atoms with Crippen LogP contribution in [0.2, 0.25) is 0 Å². The number of ether oxygens (including phenoxy) is 1. The predicted octanol–water partition coefficient (Wildman–Crippen LogP) is 3.02. The first-order valence-corrected chi connectivity index (χ1v) is 10.8. The van der Waals surface area contributed by atoms with Crippen LogP contribution in [0.4, 0.5) is 5.13 Å². The van der Waals surface area contributed by atoms with E-state index >= 15 is 0 Å². The Labute approximate surface area is 174 Å². The van der Waals surface area contributed by atoms with E-state index in [0.717, 1.165) is 54.6 Å². The Hall–Kier alpha value is -2.29. The van der Waals surface area contributed by atoms with Gasteiger partial charge in [-0.15, -0.1) is 0 Å². The van der Waals surface area contributed by atoms with Gasteiger partial charge in [0.2, 0.25) is 0 Å². The molecule has 1 aromatic carbocycles. The van der Waals surface area contributed by atoms with Gasteiger partial charge in [0.25, 0.3) is 5.91 Å². The van der Waals surface area contributed by atoms with Crippen molar-refractivity contribution in [2.45, 2.75) is 20.3 Å². The van der Waals surface area contributed by atoms with Gasteiger partial charge in [0, 0.05) is 45.6 Å². The van der Waals surface area contributed by atoms with E-state index in [1.807, 2.05) is 7.05 Å². The Bertz CT molecular complexity index is 967. The summed E-state index contributed by atoms with van der Waals surface area (Å²) in [6, 6.07) is 4.25. The summed E-state index contributed by atoms with van der Waals surface area (Å²) in [6.07, 6.45) is 4.33. The first kappa shape index (κ1) is 20.0. The molecule has 4 rings (SSSR count). The molecule has 0 spiro atoms. The normalized spacial score (nSPS) is 15.1. The number of imidazole rings is 1. The second kappa shape index (κ2) is 8.61. The minimum absolute atomic E-state index is 0.105. The van der Waals surface area contributed by atoms with Gasteiger partial charge in [0.15, 0.2) is 11.0 Å². The molecule has 0 atom stereocenters. The monoisotopic (exact) mass is 413 g/mol. The molecule has 0 aliphatic carbocycles. The minimum Gasteiger partial charge on any atom is -0.379 e. The first-order valence-electron chi connectivity index (χ1n) is 10.00. The molecule has 0 bridgehead atoms. The Morgan fingerprint density at radius 1 is 1.24 bits per heavy atom. The number of fused-ring (bicyclic) bond motifs is 1. The molecule has 1 fully saturated rings. The minimum atomic E-state index is -0.105. The molecule has 0 N–H and O–H groups in total. The third kappa shape index (κ3) is 4.34. The maximum Gasteiger partial charge on any atom is 0.296 e. The SMILES string of the molecule is Cc1cc2nc(N(CCCN3CCOCC3)C(=O)c3nccn3C)sc2cc1C. The highest BCUT2D eigenvalue weighted by Crippen LogP contribution is 2.31. The molecular weight excluding hydrogens is 386 g/mol. The van der Waals surface area contributed by atoms with Crippen molar-refractivity contribution in [3.05, 3.63) is 41.5 Å². The molecule has 3 aromatic rings. The number of benzene rings is 1. The quantitative estimate of drug-likeness (QED) is 0.622. The maximum absolute atomic E-state index is 13.3. The molecule has 1 aliphatic rings. The fourth-order valence-electron chi connectivity index (χ4n) is 3.54. The van der Waals surface area contributed by atoms with Gasteiger partial charge in [-0.05, 0) is 43.5 Å². The second-order valence-electron chi connectivity index (χ2n) is 7.53. The summed E-state index contributed by atoms with van der Waals surface area (Å²) >= 11 is 1.57. The summed E-state index contributed by atoms with van der Waals surface area (Å²) in [5, 5.41) is 0.736. The fraction of sp³-hybridized carbons (Fsp3) is 0.476. The molecule has 154 valence electrons. The molecule has 2 aromatic heterocycles. The van der Waals surface area contributed by atoms with E-state index in [2.05, 4.69) is 35.9 Å². The lowest BCUT2D eigenvalue weighted by Crippen LogP contribution is -2.39. The second-order valence-corrected chi connectivity index (χ2v) is 8.54. The highest BCUT2D eigenvalue weighted by molar-refractivity contribution is 7.22. The number of anilines is 1. The first-order chi connectivity index (χ1) is 14.0. The molecule has 29 heavy (non-hydrogen) atoms. The number of carbonyl (C=O) groups is 1. The summed E-state index contributed by atoms with van der Waals surface area (Å²) in [6.45, 7) is 9.22. The molecule has 1 amide bonds. The highest BCUT2D eigenvalue weighted by atomic mass is 32.1. The summed E-state index contributed by atoms with van der Waals surface area (Å²) in [5.74, 6) is 0.329. The van der Waals surface area contributed by atoms with E-state index in [-0.39, 0.29) is 5.91 Å². The lowest BCUT2D eigenvalue weighted by Gasteiger charge is -2.27. The number of hydrogen-bond donors (Lipinski definition) is 0. The molecular formula is C21H27N5O2S. The smallest absolute Gasteiger partial charge is 0.296 e. The van der Waals surface area contributed by atoms with Gasteiger partial charge in [-0.25, -0.2) is 9.97 Å². The van der Waals surface area contributed by atoms with Crippen LogP contribution in [0.25, 0.3) is 10.2 Å². The van der Waals surface area contributed by atoms with Gasteiger partial charge < -0.3 is 9.30 Å². The zero-order valence-corrected chi connectivity index (χ0v) is 18.0. The van der Waals surface area contributed by atoms with Crippen molar-refractivity contribution in [1.82, 2.24) is 19.4 Å². The Morgan fingerprint density at radius 2 is 2.00 bits per heavy atom. The Balaban J connectivity index is 1.58. The number of aryl methyl sites for hydroxylation is 3. The van der Waals surface area contributed by atoms with Gasteiger partial charge >= 0.3 is 0 Å². The number of thiazole rings is 1. The van der Waals surface area contributed by atoms with Gasteiger partial charge in [0.1, 0.15) is 0 Å². The summed E-state index contributed by atoms with van der Waals surface area (Å²) < 4.78 is 8.29. The number of nitrogens with zero attached hydrogens (tertiary/aromatic N) is 5. The number of carbonyl (C=O) groups excluding carboxylic acids is 1. The number of hydrogen-bond acceptors (Lipinski definition) is 6. The van der Waals surface area contributed by atoms with Crippen molar-refractivity contribution in [2.75, 3.05) is 44.3 Å². The summed E-state index contributed by atoms with van der Waals surface area (Å²) in [5.41, 5.74) is 3.39. The van der Waals surface area contributed by atoms with Gasteiger partial charge in [-0.2, -0.15) is 0 Å². The van der Waals surface area contributed by atoms with Crippen LogP contribution in [-0.2, 0) is 11.8 Å². The van der Waals surface area contributed by atoms with E-state index < -0.39 is 0 Å². The highest BCUT2D eigenvalue weighted by Gasteiger charge is 2.24. The summed E-state index contributed by atoms with van der Waals surface area (Å²) in [7, 11) is 1.84. The van der Waals surface area contributed by atoms with E-state index in [1.54, 1.807) is 33.2 Å². The molecule has 1 saturated heterocycles. The molecule has 0 saturated carbocycles. The van der Waals surface area contributed by atoms with Crippen molar-refractivity contribution in [2.24, 2.45) is 7.05 Å². The average molecular weight is 414 g/mol. The van der Waals surface area contributed by atoms with E-state index in [4.69, 9.17) is 9.72 Å². The van der Waals surface area contributed by atoms with Crippen LogP contribution in [0.3, 0.4) is 0 Å². The van der Waals surface area contributed by atoms with Crippen LogP contribution in [0, 0.1) is 13.8 Å². The van der Waals surface area contributed by atoms with Gasteiger partial charge in [-0.1, -0.05) is 11.3 Å². The third-order valence-corrected chi connectivity index (χ3v) is 6.48. The maximum atomic E-state index is 13.3. The predicted molar refractivity (Wildman–Crippen MR) is 116 cm³/mol. The van der Waals surface area contributed by atoms with Crippen molar-refractivity contribution >= 4 is 32.6 Å². The zero-order valence-electron chi connectivity index (χ0n) is 17.2. The molecule has 0 radical (unpaired) electrons. The van der Waals surface area contributed by atoms with Crippen LogP contribution < -0.4 is 4.90 Å². The topological polar surface area (TPSA) is 63.5 Å². The third-order valence-electron chi connectivity index (χ3n) is 5.44. The van der Waals surface area contributed by atoms with Crippen molar-refractivity contribution < 1.29 is 9.53 Å². The lowest BCUT2D eigenvalue weighted by molar-refractivity contribution is 0.0376. The van der Waals surface area contributed by atoms with Crippen molar-refractivity contribution in [1.29, 1.82) is 0 Å². The van der Waals surface area contributed by atoms with Crippen molar-refractivity contribution in [3.8, 4) is 0 Å². The largest absolute Gasteiger partial charge is 0.379 e. The molecule has 0 unspecified atom stereocenters. The van der Waals surface area contributed by atoms with E-state index in [1.165, 1.54) is 11.1 Å². The average Bonchev–Trinajstić information content (AvgIpc) is 3.32. The van der Waals surface area contributed by atoms with Gasteiger partial charge in [0.05, 0.1) is 23.4 Å².